The molecule has 0 radical (unpaired) electrons. The van der Waals surface area contributed by atoms with Gasteiger partial charge in [0.1, 0.15) is 0 Å². The Labute approximate surface area is 183 Å². The van der Waals surface area contributed by atoms with E-state index in [1.165, 1.54) is 0 Å². The van der Waals surface area contributed by atoms with E-state index >= 15 is 0 Å². The van der Waals surface area contributed by atoms with Gasteiger partial charge in [-0.05, 0) is 52.4 Å². The summed E-state index contributed by atoms with van der Waals surface area (Å²) in [5.74, 6) is 0.164. The minimum Gasteiger partial charge on any atom is -0.334 e. The van der Waals surface area contributed by atoms with Crippen LogP contribution in [0.15, 0.2) is 60.7 Å². The molecule has 0 spiro atoms. The lowest BCUT2D eigenvalue weighted by atomic mass is 10.0. The second-order valence-electron chi connectivity index (χ2n) is 7.83. The van der Waals surface area contributed by atoms with Gasteiger partial charge in [0.15, 0.2) is 0 Å². The van der Waals surface area contributed by atoms with Crippen molar-refractivity contribution in [1.82, 2.24) is 9.62 Å². The number of hydrogen-bond donors (Lipinski definition) is 2. The van der Waals surface area contributed by atoms with Crippen LogP contribution in [0.1, 0.15) is 30.0 Å². The normalized spacial score (nSPS) is 14.2. The largest absolute Gasteiger partial charge is 0.334 e. The molecular weight excluding hydrogens is 410 g/mol. The first kappa shape index (κ1) is 21.3. The predicted molar refractivity (Wildman–Crippen MR) is 124 cm³/mol. The maximum atomic E-state index is 12.5. The molecule has 0 saturated heterocycles. The van der Waals surface area contributed by atoms with Gasteiger partial charge < -0.3 is 10.6 Å². The first-order valence-electron chi connectivity index (χ1n) is 10.6. The number of sulfonamides is 1. The highest BCUT2D eigenvalue weighted by atomic mass is 32.2. The van der Waals surface area contributed by atoms with Crippen molar-refractivity contribution < 1.29 is 13.2 Å². The minimum absolute atomic E-state index is 0.164. The summed E-state index contributed by atoms with van der Waals surface area (Å²) in [5, 5.41) is 8.04. The third-order valence-corrected chi connectivity index (χ3v) is 7.64. The average Bonchev–Trinajstić information content (AvgIpc) is 2.77. The van der Waals surface area contributed by atoms with Crippen LogP contribution in [-0.2, 0) is 29.5 Å². The lowest BCUT2D eigenvalue weighted by Gasteiger charge is -2.28. The van der Waals surface area contributed by atoms with Crippen LogP contribution in [0.5, 0.6) is 0 Å². The molecule has 0 unspecified atom stereocenters. The number of benzene rings is 3. The second kappa shape index (κ2) is 9.08. The maximum Gasteiger partial charge on any atom is 0.319 e. The number of carbonyl (C=O) groups excluding carboxylic acids is 1. The number of carbonyl (C=O) groups is 1. The van der Waals surface area contributed by atoms with E-state index in [0.29, 0.717) is 38.2 Å². The van der Waals surface area contributed by atoms with E-state index in [9.17, 15) is 13.2 Å². The van der Waals surface area contributed by atoms with Crippen LogP contribution < -0.4 is 10.6 Å². The predicted octanol–water partition coefficient (Wildman–Crippen LogP) is 4.26. The number of anilines is 1. The Balaban J connectivity index is 1.41. The van der Waals surface area contributed by atoms with E-state index in [4.69, 9.17) is 0 Å². The molecule has 0 bridgehead atoms. The highest BCUT2D eigenvalue weighted by Crippen LogP contribution is 2.25. The van der Waals surface area contributed by atoms with Crippen molar-refractivity contribution in [1.29, 1.82) is 0 Å². The summed E-state index contributed by atoms with van der Waals surface area (Å²) in [7, 11) is -3.24. The fourth-order valence-corrected chi connectivity index (χ4v) is 5.51. The Morgan fingerprint density at radius 2 is 1.84 bits per heavy atom. The van der Waals surface area contributed by atoms with Crippen LogP contribution in [0.3, 0.4) is 0 Å². The molecule has 2 N–H and O–H groups in total. The van der Waals surface area contributed by atoms with Gasteiger partial charge in [0.25, 0.3) is 0 Å². The number of fused-ring (bicyclic) bond motifs is 2. The molecule has 3 aromatic rings. The van der Waals surface area contributed by atoms with E-state index in [2.05, 4.69) is 22.8 Å². The molecule has 3 aromatic carbocycles. The number of rotatable bonds is 6. The van der Waals surface area contributed by atoms with Crippen molar-refractivity contribution in [2.75, 3.05) is 17.6 Å². The average molecular weight is 438 g/mol. The van der Waals surface area contributed by atoms with Gasteiger partial charge in [-0.3, -0.25) is 0 Å². The number of nitrogens with zero attached hydrogens (tertiary/aromatic N) is 1. The zero-order valence-electron chi connectivity index (χ0n) is 17.6. The van der Waals surface area contributed by atoms with Crippen LogP contribution >= 0.6 is 0 Å². The smallest absolute Gasteiger partial charge is 0.319 e. The zero-order valence-corrected chi connectivity index (χ0v) is 18.4. The Morgan fingerprint density at radius 1 is 1.03 bits per heavy atom. The van der Waals surface area contributed by atoms with E-state index in [0.717, 1.165) is 27.5 Å². The highest BCUT2D eigenvalue weighted by molar-refractivity contribution is 7.89. The summed E-state index contributed by atoms with van der Waals surface area (Å²) in [6.45, 7) is 3.15. The number of hydrogen-bond acceptors (Lipinski definition) is 3. The number of amides is 2. The summed E-state index contributed by atoms with van der Waals surface area (Å²) >= 11 is 0. The first-order valence-corrected chi connectivity index (χ1v) is 12.2. The maximum absolute atomic E-state index is 12.5. The Morgan fingerprint density at radius 3 is 2.68 bits per heavy atom. The minimum atomic E-state index is -3.24. The quantitative estimate of drug-likeness (QED) is 0.605. The molecule has 1 aliphatic heterocycles. The van der Waals surface area contributed by atoms with E-state index in [-0.39, 0.29) is 11.8 Å². The van der Waals surface area contributed by atoms with Gasteiger partial charge in [-0.1, -0.05) is 55.5 Å². The van der Waals surface area contributed by atoms with Crippen molar-refractivity contribution in [3.63, 3.8) is 0 Å². The van der Waals surface area contributed by atoms with Gasteiger partial charge >= 0.3 is 6.03 Å². The SMILES string of the molecule is CCCS(=O)(=O)N1CCc2ccc(NC(=O)NCc3cccc4ccccc34)cc2C1. The van der Waals surface area contributed by atoms with Gasteiger partial charge in [-0.15, -0.1) is 0 Å². The van der Waals surface area contributed by atoms with Gasteiger partial charge in [-0.2, -0.15) is 4.31 Å². The fraction of sp³-hybridized carbons (Fsp3) is 0.292. The molecule has 1 aliphatic rings. The summed E-state index contributed by atoms with van der Waals surface area (Å²) < 4.78 is 26.4. The van der Waals surface area contributed by atoms with Crippen LogP contribution in [0, 0.1) is 0 Å². The van der Waals surface area contributed by atoms with Gasteiger partial charge in [0.2, 0.25) is 10.0 Å². The Kier molecular flexibility index (Phi) is 6.25. The third kappa shape index (κ3) is 4.89. The van der Waals surface area contributed by atoms with Crippen molar-refractivity contribution in [3.05, 3.63) is 77.4 Å². The summed E-state index contributed by atoms with van der Waals surface area (Å²) in [5.41, 5.74) is 3.78. The van der Waals surface area contributed by atoms with Crippen LogP contribution in [0.2, 0.25) is 0 Å². The van der Waals surface area contributed by atoms with Crippen molar-refractivity contribution in [3.8, 4) is 0 Å². The molecule has 7 heteroatoms. The molecule has 162 valence electrons. The molecule has 0 saturated carbocycles. The second-order valence-corrected chi connectivity index (χ2v) is 9.92. The third-order valence-electron chi connectivity index (χ3n) is 5.62. The fourth-order valence-electron chi connectivity index (χ4n) is 4.03. The van der Waals surface area contributed by atoms with Crippen LogP contribution in [0.25, 0.3) is 10.8 Å². The molecule has 0 aliphatic carbocycles. The topological polar surface area (TPSA) is 78.5 Å². The lowest BCUT2D eigenvalue weighted by Crippen LogP contribution is -2.37. The van der Waals surface area contributed by atoms with Gasteiger partial charge in [0, 0.05) is 25.3 Å². The van der Waals surface area contributed by atoms with Crippen molar-refractivity contribution >= 4 is 32.5 Å². The van der Waals surface area contributed by atoms with Crippen molar-refractivity contribution in [2.24, 2.45) is 0 Å². The van der Waals surface area contributed by atoms with E-state index in [1.807, 2.05) is 55.5 Å². The van der Waals surface area contributed by atoms with Crippen molar-refractivity contribution in [2.45, 2.75) is 32.9 Å². The molecule has 1 heterocycles. The molecule has 2 amide bonds. The molecular formula is C24H27N3O3S. The number of urea groups is 1. The van der Waals surface area contributed by atoms with E-state index in [1.54, 1.807) is 4.31 Å². The molecule has 0 atom stereocenters. The first-order chi connectivity index (χ1) is 15.0. The van der Waals surface area contributed by atoms with Gasteiger partial charge in [0.05, 0.1) is 5.75 Å². The molecule has 4 rings (SSSR count). The molecule has 31 heavy (non-hydrogen) atoms. The van der Waals surface area contributed by atoms with Crippen LogP contribution in [-0.4, -0.2) is 31.1 Å². The lowest BCUT2D eigenvalue weighted by molar-refractivity contribution is 0.252. The number of nitrogens with one attached hydrogen (secondary N) is 2. The zero-order chi connectivity index (χ0) is 21.8. The Hall–Kier alpha value is -2.90. The molecule has 0 aromatic heterocycles. The summed E-state index contributed by atoms with van der Waals surface area (Å²) in [6, 6.07) is 19.6. The summed E-state index contributed by atoms with van der Waals surface area (Å²) in [4.78, 5) is 12.5. The van der Waals surface area contributed by atoms with Crippen LogP contribution in [0.4, 0.5) is 10.5 Å². The van der Waals surface area contributed by atoms with E-state index < -0.39 is 10.0 Å². The monoisotopic (exact) mass is 437 g/mol. The molecule has 6 nitrogen and oxygen atoms in total. The summed E-state index contributed by atoms with van der Waals surface area (Å²) in [6.07, 6.45) is 1.29. The standard InChI is InChI=1S/C24H27N3O3S/c1-2-14-31(29,30)27-13-12-18-10-11-22(15-21(18)17-27)26-24(28)25-16-20-8-5-7-19-6-3-4-9-23(19)20/h3-11,15H,2,12-14,16-17H2,1H3,(H2,25,26,28). The Bertz CT molecular complexity index is 1200. The highest BCUT2D eigenvalue weighted by Gasteiger charge is 2.26. The molecule has 0 fully saturated rings. The van der Waals surface area contributed by atoms with Gasteiger partial charge in [-0.25, -0.2) is 13.2 Å².